The van der Waals surface area contributed by atoms with Gasteiger partial charge in [0.2, 0.25) is 0 Å². The minimum absolute atomic E-state index is 0.218. The Bertz CT molecular complexity index is 539. The van der Waals surface area contributed by atoms with Crippen LogP contribution in [0.15, 0.2) is 29.6 Å². The van der Waals surface area contributed by atoms with Crippen LogP contribution in [0.5, 0.6) is 0 Å². The van der Waals surface area contributed by atoms with Crippen molar-refractivity contribution in [1.29, 1.82) is 0 Å². The summed E-state index contributed by atoms with van der Waals surface area (Å²) < 4.78 is 18.3. The van der Waals surface area contributed by atoms with Gasteiger partial charge in [0.1, 0.15) is 10.8 Å². The van der Waals surface area contributed by atoms with Crippen LogP contribution in [0.1, 0.15) is 17.4 Å². The highest BCUT2D eigenvalue weighted by Gasteiger charge is 2.14. The normalized spacial score (nSPS) is 10.2. The van der Waals surface area contributed by atoms with Crippen molar-refractivity contribution in [2.45, 2.75) is 6.92 Å². The summed E-state index contributed by atoms with van der Waals surface area (Å²) in [6, 6.07) is 6.33. The number of carbonyl (C=O) groups is 1. The first-order valence-corrected chi connectivity index (χ1v) is 5.98. The quantitative estimate of drug-likeness (QED) is 0.787. The maximum absolute atomic E-state index is 13.5. The van der Waals surface area contributed by atoms with Gasteiger partial charge >= 0.3 is 5.97 Å². The van der Waals surface area contributed by atoms with Gasteiger partial charge in [0.15, 0.2) is 5.69 Å². The zero-order valence-corrected chi connectivity index (χ0v) is 9.96. The fourth-order valence-corrected chi connectivity index (χ4v) is 2.15. The molecule has 0 saturated carbocycles. The summed E-state index contributed by atoms with van der Waals surface area (Å²) in [6.45, 7) is 2.02. The Balaban J connectivity index is 2.30. The van der Waals surface area contributed by atoms with E-state index >= 15 is 0 Å². The lowest BCUT2D eigenvalue weighted by Gasteiger charge is -1.98. The van der Waals surface area contributed by atoms with Gasteiger partial charge in [0, 0.05) is 10.9 Å². The number of carbonyl (C=O) groups excluding carboxylic acids is 1. The third-order valence-electron chi connectivity index (χ3n) is 2.09. The van der Waals surface area contributed by atoms with Gasteiger partial charge in [-0.05, 0) is 19.1 Å². The molecule has 0 fully saturated rings. The summed E-state index contributed by atoms with van der Waals surface area (Å²) in [7, 11) is 0. The van der Waals surface area contributed by atoms with Crippen molar-refractivity contribution < 1.29 is 13.9 Å². The third kappa shape index (κ3) is 2.50. The number of halogens is 1. The van der Waals surface area contributed by atoms with Gasteiger partial charge in [-0.2, -0.15) is 0 Å². The first-order chi connectivity index (χ1) is 8.22. The molecule has 0 N–H and O–H groups in total. The molecule has 0 unspecified atom stereocenters. The summed E-state index contributed by atoms with van der Waals surface area (Å²) in [5, 5.41) is 2.05. The highest BCUT2D eigenvalue weighted by Crippen LogP contribution is 2.26. The third-order valence-corrected chi connectivity index (χ3v) is 2.97. The molecule has 0 bridgehead atoms. The Kier molecular flexibility index (Phi) is 3.49. The van der Waals surface area contributed by atoms with Gasteiger partial charge in [-0.1, -0.05) is 12.1 Å². The molecule has 0 atom stereocenters. The highest BCUT2D eigenvalue weighted by atomic mass is 32.1. The lowest BCUT2D eigenvalue weighted by atomic mass is 10.2. The Hall–Kier alpha value is -1.75. The van der Waals surface area contributed by atoms with Gasteiger partial charge in [-0.15, -0.1) is 11.3 Å². The fourth-order valence-electron chi connectivity index (χ4n) is 1.33. The standard InChI is InChI=1S/C12H10FNO2S/c1-2-16-12(15)10-7-17-11(14-10)8-5-3-4-6-9(8)13/h3-7H,2H2,1H3. The van der Waals surface area contributed by atoms with Crippen LogP contribution in [0, 0.1) is 5.82 Å². The van der Waals surface area contributed by atoms with Crippen molar-refractivity contribution in [3.8, 4) is 10.6 Å². The summed E-state index contributed by atoms with van der Waals surface area (Å²) in [4.78, 5) is 15.5. The second-order valence-electron chi connectivity index (χ2n) is 3.24. The van der Waals surface area contributed by atoms with E-state index in [1.807, 2.05) is 0 Å². The molecule has 88 valence electrons. The van der Waals surface area contributed by atoms with E-state index in [2.05, 4.69) is 4.98 Å². The number of ether oxygens (including phenoxy) is 1. The zero-order chi connectivity index (χ0) is 12.3. The van der Waals surface area contributed by atoms with Crippen LogP contribution < -0.4 is 0 Å². The minimum atomic E-state index is -0.480. The smallest absolute Gasteiger partial charge is 0.357 e. The van der Waals surface area contributed by atoms with Crippen LogP contribution in [-0.4, -0.2) is 17.6 Å². The number of hydrogen-bond donors (Lipinski definition) is 0. The average molecular weight is 251 g/mol. The molecule has 0 aliphatic rings. The Morgan fingerprint density at radius 3 is 2.94 bits per heavy atom. The maximum atomic E-state index is 13.5. The Morgan fingerprint density at radius 1 is 1.47 bits per heavy atom. The van der Waals surface area contributed by atoms with Crippen LogP contribution in [0.25, 0.3) is 10.6 Å². The van der Waals surface area contributed by atoms with E-state index in [1.165, 1.54) is 17.4 Å². The number of esters is 1. The van der Waals surface area contributed by atoms with Crippen molar-refractivity contribution in [1.82, 2.24) is 4.98 Å². The summed E-state index contributed by atoms with van der Waals surface area (Å²) in [6.07, 6.45) is 0. The number of hydrogen-bond acceptors (Lipinski definition) is 4. The molecule has 3 nitrogen and oxygen atoms in total. The van der Waals surface area contributed by atoms with Gasteiger partial charge in [-0.25, -0.2) is 14.2 Å². The summed E-state index contributed by atoms with van der Waals surface area (Å²) in [5.41, 5.74) is 0.614. The second-order valence-corrected chi connectivity index (χ2v) is 4.10. The molecule has 17 heavy (non-hydrogen) atoms. The largest absolute Gasteiger partial charge is 0.461 e. The highest BCUT2D eigenvalue weighted by molar-refractivity contribution is 7.13. The molecule has 2 aromatic rings. The predicted molar refractivity (Wildman–Crippen MR) is 63.5 cm³/mol. The van der Waals surface area contributed by atoms with Crippen LogP contribution in [0.2, 0.25) is 0 Å². The Labute approximate surface area is 102 Å². The molecule has 1 heterocycles. The van der Waals surface area contributed by atoms with Crippen LogP contribution >= 0.6 is 11.3 Å². The molecule has 0 aliphatic heterocycles. The van der Waals surface area contributed by atoms with E-state index in [-0.39, 0.29) is 11.5 Å². The average Bonchev–Trinajstić information content (AvgIpc) is 2.79. The first-order valence-electron chi connectivity index (χ1n) is 5.10. The first kappa shape index (κ1) is 11.7. The van der Waals surface area contributed by atoms with Crippen LogP contribution in [0.4, 0.5) is 4.39 Å². The molecule has 5 heteroatoms. The number of nitrogens with zero attached hydrogens (tertiary/aromatic N) is 1. The number of aromatic nitrogens is 1. The predicted octanol–water partition coefficient (Wildman–Crippen LogP) is 3.13. The van der Waals surface area contributed by atoms with Crippen LogP contribution in [0.3, 0.4) is 0 Å². The van der Waals surface area contributed by atoms with E-state index in [0.717, 1.165) is 0 Å². The number of rotatable bonds is 3. The van der Waals surface area contributed by atoms with Gasteiger partial charge < -0.3 is 4.74 Å². The van der Waals surface area contributed by atoms with E-state index < -0.39 is 5.97 Å². The maximum Gasteiger partial charge on any atom is 0.357 e. The lowest BCUT2D eigenvalue weighted by Crippen LogP contribution is -2.04. The lowest BCUT2D eigenvalue weighted by molar-refractivity contribution is 0.0520. The number of thiazole rings is 1. The van der Waals surface area contributed by atoms with Crippen molar-refractivity contribution >= 4 is 17.3 Å². The fraction of sp³-hybridized carbons (Fsp3) is 0.167. The van der Waals surface area contributed by atoms with Crippen molar-refractivity contribution in [2.75, 3.05) is 6.61 Å². The van der Waals surface area contributed by atoms with Gasteiger partial charge in [-0.3, -0.25) is 0 Å². The van der Waals surface area contributed by atoms with Crippen molar-refractivity contribution in [2.24, 2.45) is 0 Å². The molecular formula is C12H10FNO2S. The zero-order valence-electron chi connectivity index (χ0n) is 9.14. The molecule has 1 aromatic heterocycles. The van der Waals surface area contributed by atoms with Gasteiger partial charge in [0.05, 0.1) is 6.61 Å². The molecule has 0 amide bonds. The molecule has 0 radical (unpaired) electrons. The molecule has 0 aliphatic carbocycles. The monoisotopic (exact) mass is 251 g/mol. The van der Waals surface area contributed by atoms with Crippen molar-refractivity contribution in [3.05, 3.63) is 41.2 Å². The Morgan fingerprint density at radius 2 is 2.24 bits per heavy atom. The van der Waals surface area contributed by atoms with E-state index in [1.54, 1.807) is 30.5 Å². The summed E-state index contributed by atoms with van der Waals surface area (Å²) >= 11 is 1.22. The molecule has 0 spiro atoms. The summed E-state index contributed by atoms with van der Waals surface area (Å²) in [5.74, 6) is -0.830. The van der Waals surface area contributed by atoms with Crippen molar-refractivity contribution in [3.63, 3.8) is 0 Å². The molecule has 1 aromatic carbocycles. The number of benzene rings is 1. The minimum Gasteiger partial charge on any atom is -0.461 e. The molecular weight excluding hydrogens is 241 g/mol. The molecule has 2 rings (SSSR count). The van der Waals surface area contributed by atoms with E-state index in [9.17, 15) is 9.18 Å². The van der Waals surface area contributed by atoms with E-state index in [4.69, 9.17) is 4.74 Å². The van der Waals surface area contributed by atoms with Gasteiger partial charge in [0.25, 0.3) is 0 Å². The topological polar surface area (TPSA) is 39.2 Å². The SMILES string of the molecule is CCOC(=O)c1csc(-c2ccccc2F)n1. The molecule has 0 saturated heterocycles. The second kappa shape index (κ2) is 5.05. The van der Waals surface area contributed by atoms with E-state index in [0.29, 0.717) is 17.2 Å². The van der Waals surface area contributed by atoms with Crippen LogP contribution in [-0.2, 0) is 4.74 Å².